The smallest absolute Gasteiger partial charge is 0.253 e. The summed E-state index contributed by atoms with van der Waals surface area (Å²) in [5.41, 5.74) is 6.42. The summed E-state index contributed by atoms with van der Waals surface area (Å²) in [6.45, 7) is 2.30. The first-order valence-corrected chi connectivity index (χ1v) is 5.93. The molecule has 1 aromatic rings. The van der Waals surface area contributed by atoms with E-state index >= 15 is 0 Å². The Morgan fingerprint density at radius 1 is 1.33 bits per heavy atom. The monoisotopic (exact) mass is 335 g/mol. The summed E-state index contributed by atoms with van der Waals surface area (Å²) < 4.78 is 0.801. The molecule has 5 nitrogen and oxygen atoms in total. The van der Waals surface area contributed by atoms with Crippen LogP contribution in [0.4, 0.5) is 5.69 Å². The van der Waals surface area contributed by atoms with E-state index in [0.29, 0.717) is 17.8 Å². The van der Waals surface area contributed by atoms with E-state index in [9.17, 15) is 9.59 Å². The van der Waals surface area contributed by atoms with Crippen molar-refractivity contribution in [2.24, 2.45) is 0 Å². The number of anilines is 1. The van der Waals surface area contributed by atoms with Gasteiger partial charge in [-0.05, 0) is 25.1 Å². The number of carbonyl (C=O) groups is 2. The van der Waals surface area contributed by atoms with Gasteiger partial charge in [0.15, 0.2) is 0 Å². The van der Waals surface area contributed by atoms with Gasteiger partial charge >= 0.3 is 0 Å². The normalized spacial score (nSPS) is 9.22. The summed E-state index contributed by atoms with van der Waals surface area (Å²) >= 11 is 3.25. The van der Waals surface area contributed by atoms with Crippen LogP contribution in [-0.2, 0) is 4.79 Å². The van der Waals surface area contributed by atoms with E-state index in [2.05, 4.69) is 26.6 Å². The number of carbonyl (C=O) groups excluding carboxylic acids is 2. The number of likely N-dealkylation sites (N-methyl/N-ethyl adjacent to an activating group) is 1. The lowest BCUT2D eigenvalue weighted by atomic mass is 10.1. The second-order valence-corrected chi connectivity index (χ2v) is 4.28. The molecule has 0 heterocycles. The third-order valence-corrected chi connectivity index (χ3v) is 2.53. The van der Waals surface area contributed by atoms with E-state index in [1.807, 2.05) is 6.92 Å². The van der Waals surface area contributed by atoms with Crippen molar-refractivity contribution >= 4 is 45.8 Å². The second kappa shape index (κ2) is 7.94. The van der Waals surface area contributed by atoms with Gasteiger partial charge in [0.2, 0.25) is 5.91 Å². The molecular formula is C11H15BrClN3O2. The molecule has 18 heavy (non-hydrogen) atoms. The van der Waals surface area contributed by atoms with Crippen LogP contribution in [-0.4, -0.2) is 24.9 Å². The fraction of sp³-hybridized carbons (Fsp3) is 0.273. The standard InChI is InChI=1S/C11H14BrN3O2.ClH/c1-2-14-10(16)6-15-11(17)8-4-3-7(12)5-9(8)13;/h3-5H,2,6,13H2,1H3,(H,14,16)(H,15,17);1H. The molecule has 1 rings (SSSR count). The topological polar surface area (TPSA) is 84.2 Å². The van der Waals surface area contributed by atoms with Gasteiger partial charge < -0.3 is 16.4 Å². The first kappa shape index (κ1) is 16.7. The number of halogens is 2. The highest BCUT2D eigenvalue weighted by Crippen LogP contribution is 2.18. The van der Waals surface area contributed by atoms with Gasteiger partial charge in [-0.2, -0.15) is 0 Å². The number of hydrogen-bond donors (Lipinski definition) is 3. The minimum atomic E-state index is -0.360. The van der Waals surface area contributed by atoms with Gasteiger partial charge in [0.05, 0.1) is 12.1 Å². The van der Waals surface area contributed by atoms with Crippen molar-refractivity contribution in [3.63, 3.8) is 0 Å². The molecule has 100 valence electrons. The van der Waals surface area contributed by atoms with Gasteiger partial charge in [-0.25, -0.2) is 0 Å². The summed E-state index contributed by atoms with van der Waals surface area (Å²) in [5, 5.41) is 5.08. The van der Waals surface area contributed by atoms with E-state index in [1.54, 1.807) is 18.2 Å². The van der Waals surface area contributed by atoms with Crippen molar-refractivity contribution in [3.05, 3.63) is 28.2 Å². The number of nitrogens with two attached hydrogens (primary N) is 1. The highest BCUT2D eigenvalue weighted by molar-refractivity contribution is 9.10. The van der Waals surface area contributed by atoms with Crippen molar-refractivity contribution in [2.75, 3.05) is 18.8 Å². The molecule has 0 saturated heterocycles. The molecular weight excluding hydrogens is 321 g/mol. The minimum Gasteiger partial charge on any atom is -0.398 e. The van der Waals surface area contributed by atoms with Crippen LogP contribution in [0.25, 0.3) is 0 Å². The zero-order valence-corrected chi connectivity index (χ0v) is 12.2. The lowest BCUT2D eigenvalue weighted by Gasteiger charge is -2.07. The lowest BCUT2D eigenvalue weighted by Crippen LogP contribution is -2.36. The Kier molecular flexibility index (Phi) is 7.38. The zero-order chi connectivity index (χ0) is 12.8. The summed E-state index contributed by atoms with van der Waals surface area (Å²) in [6.07, 6.45) is 0. The van der Waals surface area contributed by atoms with Crippen LogP contribution in [0, 0.1) is 0 Å². The van der Waals surface area contributed by atoms with Gasteiger partial charge in [0.1, 0.15) is 0 Å². The Morgan fingerprint density at radius 2 is 2.00 bits per heavy atom. The predicted molar refractivity (Wildman–Crippen MR) is 76.8 cm³/mol. The molecule has 0 radical (unpaired) electrons. The van der Waals surface area contributed by atoms with E-state index in [1.165, 1.54) is 0 Å². The number of hydrogen-bond acceptors (Lipinski definition) is 3. The van der Waals surface area contributed by atoms with Crippen LogP contribution in [0.2, 0.25) is 0 Å². The molecule has 0 atom stereocenters. The molecule has 7 heteroatoms. The second-order valence-electron chi connectivity index (χ2n) is 3.37. The van der Waals surface area contributed by atoms with Crippen LogP contribution in [0.5, 0.6) is 0 Å². The highest BCUT2D eigenvalue weighted by Gasteiger charge is 2.10. The fourth-order valence-electron chi connectivity index (χ4n) is 1.26. The number of benzene rings is 1. The summed E-state index contributed by atoms with van der Waals surface area (Å²) in [4.78, 5) is 22.9. The van der Waals surface area contributed by atoms with Crippen LogP contribution < -0.4 is 16.4 Å². The average Bonchev–Trinajstić information content (AvgIpc) is 2.26. The van der Waals surface area contributed by atoms with Crippen molar-refractivity contribution in [1.29, 1.82) is 0 Å². The summed E-state index contributed by atoms with van der Waals surface area (Å²) in [5.74, 6) is -0.585. The SMILES string of the molecule is CCNC(=O)CNC(=O)c1ccc(Br)cc1N.Cl. The predicted octanol–water partition coefficient (Wildman–Crippen LogP) is 1.32. The zero-order valence-electron chi connectivity index (χ0n) is 9.83. The Morgan fingerprint density at radius 3 is 2.56 bits per heavy atom. The molecule has 0 saturated carbocycles. The molecule has 4 N–H and O–H groups in total. The number of rotatable bonds is 4. The largest absolute Gasteiger partial charge is 0.398 e. The molecule has 0 bridgehead atoms. The number of nitrogen functional groups attached to an aromatic ring is 1. The maximum atomic E-state index is 11.7. The molecule has 1 aromatic carbocycles. The molecule has 0 aromatic heterocycles. The van der Waals surface area contributed by atoms with Gasteiger partial charge in [0, 0.05) is 16.7 Å². The molecule has 0 aliphatic rings. The maximum Gasteiger partial charge on any atom is 0.253 e. The Labute approximate surface area is 120 Å². The van der Waals surface area contributed by atoms with Crippen molar-refractivity contribution < 1.29 is 9.59 Å². The van der Waals surface area contributed by atoms with E-state index in [0.717, 1.165) is 4.47 Å². The third kappa shape index (κ3) is 4.93. The van der Waals surface area contributed by atoms with Crippen LogP contribution in [0.3, 0.4) is 0 Å². The minimum absolute atomic E-state index is 0. The van der Waals surface area contributed by atoms with E-state index in [4.69, 9.17) is 5.73 Å². The van der Waals surface area contributed by atoms with Crippen LogP contribution >= 0.6 is 28.3 Å². The van der Waals surface area contributed by atoms with Gasteiger partial charge in [-0.3, -0.25) is 9.59 Å². The molecule has 0 fully saturated rings. The first-order chi connectivity index (χ1) is 8.04. The van der Waals surface area contributed by atoms with Crippen LogP contribution in [0.15, 0.2) is 22.7 Å². The van der Waals surface area contributed by atoms with Gasteiger partial charge in [-0.15, -0.1) is 12.4 Å². The third-order valence-electron chi connectivity index (χ3n) is 2.04. The Hall–Kier alpha value is -1.27. The highest BCUT2D eigenvalue weighted by atomic mass is 79.9. The number of nitrogens with one attached hydrogen (secondary N) is 2. The van der Waals surface area contributed by atoms with Gasteiger partial charge in [0.25, 0.3) is 5.91 Å². The van der Waals surface area contributed by atoms with Gasteiger partial charge in [-0.1, -0.05) is 15.9 Å². The maximum absolute atomic E-state index is 11.7. The van der Waals surface area contributed by atoms with Crippen molar-refractivity contribution in [3.8, 4) is 0 Å². The van der Waals surface area contributed by atoms with Crippen molar-refractivity contribution in [2.45, 2.75) is 6.92 Å². The van der Waals surface area contributed by atoms with E-state index in [-0.39, 0.29) is 30.8 Å². The van der Waals surface area contributed by atoms with Crippen molar-refractivity contribution in [1.82, 2.24) is 10.6 Å². The fourth-order valence-corrected chi connectivity index (χ4v) is 1.63. The Balaban J connectivity index is 0.00000289. The molecule has 0 unspecified atom stereocenters. The summed E-state index contributed by atoms with van der Waals surface area (Å²) in [6, 6.07) is 4.96. The van der Waals surface area contributed by atoms with E-state index < -0.39 is 0 Å². The lowest BCUT2D eigenvalue weighted by molar-refractivity contribution is -0.120. The number of amides is 2. The quantitative estimate of drug-likeness (QED) is 0.725. The molecule has 0 spiro atoms. The first-order valence-electron chi connectivity index (χ1n) is 5.14. The van der Waals surface area contributed by atoms with Crippen LogP contribution in [0.1, 0.15) is 17.3 Å². The molecule has 2 amide bonds. The molecule has 0 aliphatic heterocycles. The molecule has 0 aliphatic carbocycles. The summed E-state index contributed by atoms with van der Waals surface area (Å²) in [7, 11) is 0. The Bertz CT molecular complexity index is 440. The average molecular weight is 337 g/mol.